The van der Waals surface area contributed by atoms with Gasteiger partial charge in [0.05, 0.1) is 26.9 Å². The number of para-hydroxylation sites is 1. The number of aryl methyl sites for hydroxylation is 1. The largest absolute Gasteiger partial charge is 0.497 e. The number of rotatable bonds is 11. The molecule has 10 heteroatoms. The second-order valence-electron chi connectivity index (χ2n) is 7.62. The van der Waals surface area contributed by atoms with E-state index in [0.717, 1.165) is 11.1 Å². The molecule has 0 unspecified atom stereocenters. The van der Waals surface area contributed by atoms with E-state index in [4.69, 9.17) is 8.92 Å². The van der Waals surface area contributed by atoms with Gasteiger partial charge in [0, 0.05) is 12.0 Å². The van der Waals surface area contributed by atoms with Crippen molar-refractivity contribution in [3.8, 4) is 11.5 Å². The first-order chi connectivity index (χ1) is 17.3. The molecule has 0 aromatic heterocycles. The Balaban J connectivity index is 1.64. The lowest BCUT2D eigenvalue weighted by Gasteiger charge is -2.10. The lowest BCUT2D eigenvalue weighted by Crippen LogP contribution is -2.20. The molecule has 3 aromatic carbocycles. The average Bonchev–Trinajstić information content (AvgIpc) is 2.88. The zero-order chi connectivity index (χ0) is 26.0. The van der Waals surface area contributed by atoms with Crippen LogP contribution in [0, 0.1) is 0 Å². The zero-order valence-electron chi connectivity index (χ0n) is 19.8. The predicted octanol–water partition coefficient (Wildman–Crippen LogP) is 3.26. The molecule has 1 amide bonds. The van der Waals surface area contributed by atoms with E-state index in [-0.39, 0.29) is 35.4 Å². The number of benzene rings is 3. The maximum Gasteiger partial charge on any atom is 0.339 e. The van der Waals surface area contributed by atoms with E-state index in [9.17, 15) is 18.0 Å². The van der Waals surface area contributed by atoms with Crippen molar-refractivity contribution in [2.24, 2.45) is 5.10 Å². The van der Waals surface area contributed by atoms with Crippen LogP contribution in [0.25, 0.3) is 0 Å². The molecule has 0 spiro atoms. The summed E-state index contributed by atoms with van der Waals surface area (Å²) in [6.45, 7) is 0. The van der Waals surface area contributed by atoms with Crippen LogP contribution in [0.5, 0.6) is 11.5 Å². The number of nitrogens with one attached hydrogen (secondary N) is 1. The smallest absolute Gasteiger partial charge is 0.339 e. The highest BCUT2D eigenvalue weighted by Crippen LogP contribution is 2.22. The minimum Gasteiger partial charge on any atom is -0.497 e. The minimum absolute atomic E-state index is 0.0392. The standard InChI is InChI=1S/C26H26N2O7S/c1-33-22-8-5-6-20(16-22)17-25(29)28-27-18-21-7-3-4-9-24(21)35-36(31,32)23-13-10-19(11-14-23)12-15-26(30)34-2/h3-11,13-14,16,18H,12,15,17H2,1-2H3,(H,28,29)/b27-18+. The van der Waals surface area contributed by atoms with Gasteiger partial charge >= 0.3 is 16.1 Å². The number of hydrazone groups is 1. The Labute approximate surface area is 209 Å². The highest BCUT2D eigenvalue weighted by molar-refractivity contribution is 7.87. The molecule has 1 N–H and O–H groups in total. The van der Waals surface area contributed by atoms with Crippen molar-refractivity contribution in [1.29, 1.82) is 0 Å². The van der Waals surface area contributed by atoms with Gasteiger partial charge in [-0.25, -0.2) is 5.43 Å². The fourth-order valence-corrected chi connectivity index (χ4v) is 4.14. The molecule has 0 saturated heterocycles. The number of amides is 1. The van der Waals surface area contributed by atoms with Crippen molar-refractivity contribution in [2.75, 3.05) is 14.2 Å². The summed E-state index contributed by atoms with van der Waals surface area (Å²) in [4.78, 5) is 23.5. The topological polar surface area (TPSA) is 120 Å². The van der Waals surface area contributed by atoms with Gasteiger partial charge in [-0.3, -0.25) is 9.59 Å². The van der Waals surface area contributed by atoms with Gasteiger partial charge in [0.25, 0.3) is 0 Å². The number of nitrogens with zero attached hydrogens (tertiary/aromatic N) is 1. The Morgan fingerprint density at radius 2 is 1.69 bits per heavy atom. The Hall–Kier alpha value is -4.18. The highest BCUT2D eigenvalue weighted by Gasteiger charge is 2.18. The molecule has 0 fully saturated rings. The van der Waals surface area contributed by atoms with Gasteiger partial charge in [-0.1, -0.05) is 36.4 Å². The Kier molecular flexibility index (Phi) is 9.18. The molecule has 188 valence electrons. The Morgan fingerprint density at radius 1 is 0.944 bits per heavy atom. The number of ether oxygens (including phenoxy) is 2. The molecule has 0 bridgehead atoms. The minimum atomic E-state index is -4.13. The summed E-state index contributed by atoms with van der Waals surface area (Å²) in [5, 5.41) is 3.93. The maximum atomic E-state index is 12.8. The van der Waals surface area contributed by atoms with Crippen LogP contribution >= 0.6 is 0 Å². The molecule has 0 aliphatic carbocycles. The fourth-order valence-electron chi connectivity index (χ4n) is 3.18. The summed E-state index contributed by atoms with van der Waals surface area (Å²) < 4.78 is 40.7. The molecular formula is C26H26N2O7S. The third-order valence-electron chi connectivity index (χ3n) is 5.07. The van der Waals surface area contributed by atoms with Crippen molar-refractivity contribution in [3.63, 3.8) is 0 Å². The maximum absolute atomic E-state index is 12.8. The number of hydrogen-bond donors (Lipinski definition) is 1. The van der Waals surface area contributed by atoms with E-state index in [1.54, 1.807) is 61.7 Å². The van der Waals surface area contributed by atoms with Crippen LogP contribution in [0.1, 0.15) is 23.1 Å². The number of carbonyl (C=O) groups excluding carboxylic acids is 2. The van der Waals surface area contributed by atoms with Crippen molar-refractivity contribution in [1.82, 2.24) is 5.43 Å². The number of methoxy groups -OCH3 is 2. The molecule has 3 rings (SSSR count). The number of esters is 1. The highest BCUT2D eigenvalue weighted by atomic mass is 32.2. The summed E-state index contributed by atoms with van der Waals surface area (Å²) in [6.07, 6.45) is 2.03. The van der Waals surface area contributed by atoms with Gasteiger partial charge in [0.1, 0.15) is 10.6 Å². The number of carbonyl (C=O) groups is 2. The Morgan fingerprint density at radius 3 is 2.42 bits per heavy atom. The van der Waals surface area contributed by atoms with Gasteiger partial charge in [-0.2, -0.15) is 13.5 Å². The molecule has 0 atom stereocenters. The van der Waals surface area contributed by atoms with Crippen LogP contribution in [0.3, 0.4) is 0 Å². The monoisotopic (exact) mass is 510 g/mol. The first-order valence-electron chi connectivity index (χ1n) is 10.9. The predicted molar refractivity (Wildman–Crippen MR) is 133 cm³/mol. The lowest BCUT2D eigenvalue weighted by molar-refractivity contribution is -0.140. The van der Waals surface area contributed by atoms with Crippen LogP contribution in [-0.4, -0.2) is 40.7 Å². The van der Waals surface area contributed by atoms with E-state index < -0.39 is 10.1 Å². The average molecular weight is 511 g/mol. The lowest BCUT2D eigenvalue weighted by atomic mass is 10.1. The van der Waals surface area contributed by atoms with Crippen LogP contribution in [0.2, 0.25) is 0 Å². The summed E-state index contributed by atoms with van der Waals surface area (Å²) >= 11 is 0. The molecule has 0 heterocycles. The van der Waals surface area contributed by atoms with Crippen molar-refractivity contribution in [2.45, 2.75) is 24.2 Å². The summed E-state index contributed by atoms with van der Waals surface area (Å²) in [6, 6.07) is 19.6. The third kappa shape index (κ3) is 7.67. The van der Waals surface area contributed by atoms with Gasteiger partial charge in [-0.15, -0.1) is 0 Å². The van der Waals surface area contributed by atoms with Crippen molar-refractivity contribution < 1.29 is 31.7 Å². The molecule has 0 aliphatic heterocycles. The molecule has 3 aromatic rings. The second kappa shape index (κ2) is 12.5. The Bertz CT molecular complexity index is 1340. The normalized spacial score (nSPS) is 11.2. The molecule has 9 nitrogen and oxygen atoms in total. The molecule has 0 saturated carbocycles. The first-order valence-corrected chi connectivity index (χ1v) is 12.4. The molecule has 0 radical (unpaired) electrons. The summed E-state index contributed by atoms with van der Waals surface area (Å²) in [7, 11) is -1.27. The van der Waals surface area contributed by atoms with Crippen LogP contribution in [0.15, 0.2) is 82.8 Å². The van der Waals surface area contributed by atoms with Crippen molar-refractivity contribution >= 4 is 28.2 Å². The van der Waals surface area contributed by atoms with Crippen molar-refractivity contribution in [3.05, 3.63) is 89.5 Å². The van der Waals surface area contributed by atoms with Gasteiger partial charge in [0.15, 0.2) is 5.75 Å². The fraction of sp³-hybridized carbons (Fsp3) is 0.192. The third-order valence-corrected chi connectivity index (χ3v) is 6.32. The SMILES string of the molecule is COC(=O)CCc1ccc(S(=O)(=O)Oc2ccccc2/C=N/NC(=O)Cc2cccc(OC)c2)cc1. The number of hydrogen-bond acceptors (Lipinski definition) is 8. The second-order valence-corrected chi connectivity index (χ2v) is 9.16. The zero-order valence-corrected chi connectivity index (χ0v) is 20.7. The van der Waals surface area contributed by atoms with Crippen LogP contribution < -0.4 is 14.3 Å². The first kappa shape index (κ1) is 26.4. The van der Waals surface area contributed by atoms with Gasteiger partial charge < -0.3 is 13.7 Å². The quantitative estimate of drug-likeness (QED) is 0.182. The van der Waals surface area contributed by atoms with Gasteiger partial charge in [-0.05, 0) is 53.9 Å². The van der Waals surface area contributed by atoms with E-state index in [2.05, 4.69) is 15.3 Å². The van der Waals surface area contributed by atoms with Gasteiger partial charge in [0.2, 0.25) is 5.91 Å². The molecular weight excluding hydrogens is 484 g/mol. The van der Waals surface area contributed by atoms with E-state index in [0.29, 0.717) is 17.7 Å². The van der Waals surface area contributed by atoms with E-state index in [1.807, 2.05) is 0 Å². The van der Waals surface area contributed by atoms with Crippen LogP contribution in [-0.2, 0) is 37.3 Å². The molecule has 36 heavy (non-hydrogen) atoms. The van der Waals surface area contributed by atoms with E-state index >= 15 is 0 Å². The summed E-state index contributed by atoms with van der Waals surface area (Å²) in [5.41, 5.74) is 4.33. The van der Waals surface area contributed by atoms with Crippen LogP contribution in [0.4, 0.5) is 0 Å². The van der Waals surface area contributed by atoms with E-state index in [1.165, 1.54) is 31.5 Å². The molecule has 0 aliphatic rings. The summed E-state index contributed by atoms with van der Waals surface area (Å²) in [5.74, 6) is 0.00702.